The zero-order valence-electron chi connectivity index (χ0n) is 9.73. The van der Waals surface area contributed by atoms with E-state index in [1.165, 1.54) is 7.05 Å². The summed E-state index contributed by atoms with van der Waals surface area (Å²) in [5.41, 5.74) is 0. The first-order chi connectivity index (χ1) is 8.04. The fourth-order valence-electron chi connectivity index (χ4n) is 1.87. The molecule has 1 aliphatic heterocycles. The van der Waals surface area contributed by atoms with Gasteiger partial charge in [-0.1, -0.05) is 6.42 Å². The first kappa shape index (κ1) is 13.4. The Morgan fingerprint density at radius 2 is 2.06 bits per heavy atom. The van der Waals surface area contributed by atoms with Gasteiger partial charge in [0.25, 0.3) is 0 Å². The molecule has 7 nitrogen and oxygen atoms in total. The molecule has 0 aromatic carbocycles. The molecule has 0 aromatic heterocycles. The molecule has 0 saturated carbocycles. The van der Waals surface area contributed by atoms with Gasteiger partial charge in [0.05, 0.1) is 6.54 Å². The number of hydrogen-bond donors (Lipinski definition) is 3. The molecular formula is C10H17N3O4. The van der Waals surface area contributed by atoms with Crippen molar-refractivity contribution in [1.29, 1.82) is 0 Å². The average Bonchev–Trinajstić information content (AvgIpc) is 2.29. The van der Waals surface area contributed by atoms with Gasteiger partial charge in [-0.15, -0.1) is 0 Å². The molecule has 1 rings (SSSR count). The maximum absolute atomic E-state index is 11.4. The number of nitrogens with zero attached hydrogens (tertiary/aromatic N) is 1. The van der Waals surface area contributed by atoms with Crippen molar-refractivity contribution in [2.45, 2.75) is 25.3 Å². The van der Waals surface area contributed by atoms with Gasteiger partial charge in [0.15, 0.2) is 0 Å². The molecule has 1 saturated heterocycles. The van der Waals surface area contributed by atoms with Gasteiger partial charge in [-0.05, 0) is 19.4 Å². The minimum Gasteiger partial charge on any atom is -0.480 e. The lowest BCUT2D eigenvalue weighted by molar-refractivity contribution is -0.145. The van der Waals surface area contributed by atoms with Crippen molar-refractivity contribution in [3.05, 3.63) is 0 Å². The molecule has 1 aliphatic rings. The zero-order valence-corrected chi connectivity index (χ0v) is 9.73. The van der Waals surface area contributed by atoms with Gasteiger partial charge in [0, 0.05) is 7.05 Å². The van der Waals surface area contributed by atoms with Crippen LogP contribution >= 0.6 is 0 Å². The maximum Gasteiger partial charge on any atom is 0.321 e. The van der Waals surface area contributed by atoms with Crippen molar-refractivity contribution >= 4 is 17.9 Å². The smallest absolute Gasteiger partial charge is 0.321 e. The second kappa shape index (κ2) is 6.19. The van der Waals surface area contributed by atoms with E-state index in [0.717, 1.165) is 12.8 Å². The summed E-state index contributed by atoms with van der Waals surface area (Å²) < 4.78 is 0. The van der Waals surface area contributed by atoms with Crippen LogP contribution in [0.3, 0.4) is 0 Å². The molecule has 0 bridgehead atoms. The maximum atomic E-state index is 11.4. The molecule has 7 heteroatoms. The third-order valence-corrected chi connectivity index (χ3v) is 2.73. The number of rotatable bonds is 3. The number of carbonyl (C=O) groups is 3. The average molecular weight is 243 g/mol. The Bertz CT molecular complexity index is 319. The number of nitrogens with one attached hydrogen (secondary N) is 2. The van der Waals surface area contributed by atoms with Crippen molar-refractivity contribution in [3.8, 4) is 0 Å². The third-order valence-electron chi connectivity index (χ3n) is 2.73. The minimum absolute atomic E-state index is 0.0651. The van der Waals surface area contributed by atoms with Crippen LogP contribution < -0.4 is 10.6 Å². The predicted molar refractivity (Wildman–Crippen MR) is 59.4 cm³/mol. The summed E-state index contributed by atoms with van der Waals surface area (Å²) in [5, 5.41) is 13.4. The number of hydrogen-bond acceptors (Lipinski definition) is 4. The summed E-state index contributed by atoms with van der Waals surface area (Å²) >= 11 is 0. The lowest BCUT2D eigenvalue weighted by atomic mass is 10.0. The number of piperidine rings is 1. The molecule has 0 aliphatic carbocycles. The topological polar surface area (TPSA) is 98.7 Å². The Balaban J connectivity index is 2.50. The second-order valence-corrected chi connectivity index (χ2v) is 3.95. The van der Waals surface area contributed by atoms with Crippen LogP contribution in [0.2, 0.25) is 0 Å². The highest BCUT2D eigenvalue weighted by Crippen LogP contribution is 2.16. The van der Waals surface area contributed by atoms with E-state index in [-0.39, 0.29) is 6.54 Å². The van der Waals surface area contributed by atoms with Crippen LogP contribution in [0.25, 0.3) is 0 Å². The van der Waals surface area contributed by atoms with Gasteiger partial charge in [-0.3, -0.25) is 19.8 Å². The number of imide groups is 1. The number of carbonyl (C=O) groups excluding carboxylic acids is 2. The van der Waals surface area contributed by atoms with Gasteiger partial charge in [-0.2, -0.15) is 0 Å². The first-order valence-electron chi connectivity index (χ1n) is 5.53. The molecular weight excluding hydrogens is 226 g/mol. The summed E-state index contributed by atoms with van der Waals surface area (Å²) in [7, 11) is 1.41. The number of amides is 3. The van der Waals surface area contributed by atoms with E-state index in [1.807, 2.05) is 0 Å². The molecule has 1 fully saturated rings. The van der Waals surface area contributed by atoms with Crippen molar-refractivity contribution in [1.82, 2.24) is 15.5 Å². The van der Waals surface area contributed by atoms with E-state index in [4.69, 9.17) is 5.11 Å². The van der Waals surface area contributed by atoms with E-state index in [9.17, 15) is 14.4 Å². The van der Waals surface area contributed by atoms with Gasteiger partial charge in [0.1, 0.15) is 6.04 Å². The summed E-state index contributed by atoms with van der Waals surface area (Å²) in [6.45, 7) is 0.502. The van der Waals surface area contributed by atoms with Gasteiger partial charge in [-0.25, -0.2) is 4.79 Å². The Morgan fingerprint density at radius 3 is 2.65 bits per heavy atom. The van der Waals surface area contributed by atoms with Crippen LogP contribution in [0, 0.1) is 0 Å². The molecule has 1 heterocycles. The quantitative estimate of drug-likeness (QED) is 0.613. The van der Waals surface area contributed by atoms with Crippen LogP contribution in [0.4, 0.5) is 4.79 Å². The van der Waals surface area contributed by atoms with Crippen LogP contribution in [0.15, 0.2) is 0 Å². The van der Waals surface area contributed by atoms with Crippen molar-refractivity contribution in [2.24, 2.45) is 0 Å². The van der Waals surface area contributed by atoms with E-state index in [2.05, 4.69) is 10.6 Å². The Hall–Kier alpha value is -1.63. The van der Waals surface area contributed by atoms with Crippen molar-refractivity contribution in [3.63, 3.8) is 0 Å². The van der Waals surface area contributed by atoms with Crippen molar-refractivity contribution in [2.75, 3.05) is 20.1 Å². The highest BCUT2D eigenvalue weighted by atomic mass is 16.4. The SMILES string of the molecule is CNC(=O)NC(=O)CN1CCCCC1C(=O)O. The number of carboxylic acids is 1. The summed E-state index contributed by atoms with van der Waals surface area (Å²) in [6.07, 6.45) is 2.27. The summed E-state index contributed by atoms with van der Waals surface area (Å²) in [4.78, 5) is 34.9. The Morgan fingerprint density at radius 1 is 1.35 bits per heavy atom. The molecule has 0 aromatic rings. The van der Waals surface area contributed by atoms with Gasteiger partial charge in [0.2, 0.25) is 5.91 Å². The Kier molecular flexibility index (Phi) is 4.89. The van der Waals surface area contributed by atoms with Gasteiger partial charge >= 0.3 is 12.0 Å². The monoisotopic (exact) mass is 243 g/mol. The van der Waals surface area contributed by atoms with E-state index < -0.39 is 23.9 Å². The molecule has 1 atom stereocenters. The highest BCUT2D eigenvalue weighted by molar-refractivity contribution is 5.95. The lowest BCUT2D eigenvalue weighted by Gasteiger charge is -2.31. The van der Waals surface area contributed by atoms with E-state index in [1.54, 1.807) is 4.90 Å². The third kappa shape index (κ3) is 4.03. The number of likely N-dealkylation sites (tertiary alicyclic amines) is 1. The molecule has 1 unspecified atom stereocenters. The molecule has 3 amide bonds. The van der Waals surface area contributed by atoms with Crippen LogP contribution in [0.5, 0.6) is 0 Å². The normalized spacial score (nSPS) is 20.6. The highest BCUT2D eigenvalue weighted by Gasteiger charge is 2.29. The Labute approximate surface area is 99.2 Å². The molecule has 3 N–H and O–H groups in total. The molecule has 17 heavy (non-hydrogen) atoms. The fourth-order valence-corrected chi connectivity index (χ4v) is 1.87. The number of carboxylic acid groups (broad SMARTS) is 1. The minimum atomic E-state index is -0.919. The largest absolute Gasteiger partial charge is 0.480 e. The van der Waals surface area contributed by atoms with Gasteiger partial charge < -0.3 is 10.4 Å². The summed E-state index contributed by atoms with van der Waals surface area (Å²) in [6, 6.07) is -1.21. The van der Waals surface area contributed by atoms with Crippen LogP contribution in [-0.2, 0) is 9.59 Å². The van der Waals surface area contributed by atoms with Crippen LogP contribution in [-0.4, -0.2) is 54.1 Å². The van der Waals surface area contributed by atoms with E-state index >= 15 is 0 Å². The number of aliphatic carboxylic acids is 1. The van der Waals surface area contributed by atoms with Crippen LogP contribution in [0.1, 0.15) is 19.3 Å². The van der Waals surface area contributed by atoms with E-state index in [0.29, 0.717) is 13.0 Å². The molecule has 96 valence electrons. The van der Waals surface area contributed by atoms with Crippen molar-refractivity contribution < 1.29 is 19.5 Å². The summed E-state index contributed by atoms with van der Waals surface area (Å²) in [5.74, 6) is -1.41. The fraction of sp³-hybridized carbons (Fsp3) is 0.700. The standard InChI is InChI=1S/C10H17N3O4/c1-11-10(17)12-8(14)6-13-5-3-2-4-7(13)9(15)16/h7H,2-6H2,1H3,(H,15,16)(H2,11,12,14,17). The molecule has 0 radical (unpaired) electrons. The first-order valence-corrected chi connectivity index (χ1v) is 5.53. The predicted octanol–water partition coefficient (Wildman–Crippen LogP) is -0.619. The number of urea groups is 1. The molecule has 0 spiro atoms. The zero-order chi connectivity index (χ0) is 12.8. The second-order valence-electron chi connectivity index (χ2n) is 3.95. The lowest BCUT2D eigenvalue weighted by Crippen LogP contribution is -2.50.